The Morgan fingerprint density at radius 2 is 2.09 bits per heavy atom. The zero-order valence-corrected chi connectivity index (χ0v) is 14.9. The number of nitrogens with one attached hydrogen (secondary N) is 2. The summed E-state index contributed by atoms with van der Waals surface area (Å²) in [6, 6.07) is 7.51. The summed E-state index contributed by atoms with van der Waals surface area (Å²) >= 11 is 3.42. The third kappa shape index (κ3) is 3.83. The van der Waals surface area contributed by atoms with Gasteiger partial charge in [-0.15, -0.1) is 12.4 Å². The predicted octanol–water partition coefficient (Wildman–Crippen LogP) is 3.74. The van der Waals surface area contributed by atoms with Crippen molar-refractivity contribution in [3.05, 3.63) is 34.5 Å². The van der Waals surface area contributed by atoms with Crippen molar-refractivity contribution in [1.29, 1.82) is 0 Å². The summed E-state index contributed by atoms with van der Waals surface area (Å²) in [4.78, 5) is 12.3. The smallest absolute Gasteiger partial charge is 0.287 e. The lowest BCUT2D eigenvalue weighted by Gasteiger charge is -2.33. The van der Waals surface area contributed by atoms with Crippen molar-refractivity contribution in [3.63, 3.8) is 0 Å². The van der Waals surface area contributed by atoms with Crippen LogP contribution in [-0.2, 0) is 0 Å². The van der Waals surface area contributed by atoms with Crippen molar-refractivity contribution < 1.29 is 9.21 Å². The topological polar surface area (TPSA) is 54.3 Å². The molecule has 6 heteroatoms. The van der Waals surface area contributed by atoms with Crippen LogP contribution in [-0.4, -0.2) is 25.5 Å². The van der Waals surface area contributed by atoms with Crippen LogP contribution in [0.4, 0.5) is 0 Å². The molecule has 1 aliphatic rings. The maximum absolute atomic E-state index is 12.3. The number of benzene rings is 1. The molecule has 120 valence electrons. The number of fused-ring (bicyclic) bond motifs is 1. The second-order valence-corrected chi connectivity index (χ2v) is 6.95. The van der Waals surface area contributed by atoms with Gasteiger partial charge in [-0.25, -0.2) is 0 Å². The molecule has 1 fully saturated rings. The summed E-state index contributed by atoms with van der Waals surface area (Å²) in [5, 5.41) is 7.29. The molecule has 2 heterocycles. The lowest BCUT2D eigenvalue weighted by atomic mass is 9.81. The standard InChI is InChI=1S/C16H19BrN2O2.ClH/c1-16(4-6-18-7-5-16)10-19-15(20)14-9-11-8-12(17)2-3-13(11)21-14;/h2-3,8-9,18H,4-7,10H2,1H3,(H,19,20);1H. The molecule has 3 rings (SSSR count). The minimum atomic E-state index is -0.137. The Morgan fingerprint density at radius 1 is 1.36 bits per heavy atom. The number of carbonyl (C=O) groups excluding carboxylic acids is 1. The van der Waals surface area contributed by atoms with Crippen LogP contribution in [0.2, 0.25) is 0 Å². The van der Waals surface area contributed by atoms with Crippen molar-refractivity contribution in [2.75, 3.05) is 19.6 Å². The molecular weight excluding hydrogens is 368 g/mol. The quantitative estimate of drug-likeness (QED) is 0.843. The molecule has 1 aromatic heterocycles. The zero-order valence-electron chi connectivity index (χ0n) is 12.4. The minimum Gasteiger partial charge on any atom is -0.451 e. The first kappa shape index (κ1) is 17.3. The van der Waals surface area contributed by atoms with Crippen LogP contribution in [0.15, 0.2) is 33.2 Å². The van der Waals surface area contributed by atoms with Gasteiger partial charge >= 0.3 is 0 Å². The van der Waals surface area contributed by atoms with E-state index in [2.05, 4.69) is 33.5 Å². The van der Waals surface area contributed by atoms with Crippen LogP contribution in [0.5, 0.6) is 0 Å². The molecule has 1 aromatic carbocycles. The number of furan rings is 1. The molecule has 0 radical (unpaired) electrons. The van der Waals surface area contributed by atoms with Crippen LogP contribution in [0.1, 0.15) is 30.3 Å². The summed E-state index contributed by atoms with van der Waals surface area (Å²) in [5.74, 6) is 0.239. The van der Waals surface area contributed by atoms with Crippen LogP contribution in [0.25, 0.3) is 11.0 Å². The Labute approximate surface area is 144 Å². The van der Waals surface area contributed by atoms with Crippen molar-refractivity contribution in [2.24, 2.45) is 5.41 Å². The van der Waals surface area contributed by atoms with Crippen LogP contribution in [0, 0.1) is 5.41 Å². The second-order valence-electron chi connectivity index (χ2n) is 6.04. The summed E-state index contributed by atoms with van der Waals surface area (Å²) < 4.78 is 6.59. The Kier molecular flexibility index (Phi) is 5.53. The molecule has 1 aliphatic heterocycles. The molecule has 0 atom stereocenters. The predicted molar refractivity (Wildman–Crippen MR) is 93.7 cm³/mol. The molecule has 4 nitrogen and oxygen atoms in total. The first-order valence-corrected chi connectivity index (χ1v) is 8.03. The third-order valence-electron chi connectivity index (χ3n) is 4.19. The van der Waals surface area contributed by atoms with Crippen LogP contribution < -0.4 is 10.6 Å². The van der Waals surface area contributed by atoms with Gasteiger partial charge < -0.3 is 15.1 Å². The van der Waals surface area contributed by atoms with Gasteiger partial charge in [0, 0.05) is 16.4 Å². The summed E-state index contributed by atoms with van der Waals surface area (Å²) in [5.41, 5.74) is 0.909. The highest BCUT2D eigenvalue weighted by atomic mass is 79.9. The van der Waals surface area contributed by atoms with E-state index in [0.29, 0.717) is 12.3 Å². The molecule has 2 aromatic rings. The summed E-state index contributed by atoms with van der Waals surface area (Å²) in [7, 11) is 0. The molecule has 22 heavy (non-hydrogen) atoms. The Bertz CT molecular complexity index is 665. The van der Waals surface area contributed by atoms with E-state index in [1.165, 1.54) is 0 Å². The number of hydrogen-bond acceptors (Lipinski definition) is 3. The van der Waals surface area contributed by atoms with Crippen molar-refractivity contribution in [3.8, 4) is 0 Å². The van der Waals surface area contributed by atoms with E-state index < -0.39 is 0 Å². The fourth-order valence-corrected chi connectivity index (χ4v) is 3.09. The SMILES string of the molecule is CC1(CNC(=O)c2cc3cc(Br)ccc3o2)CCNCC1.Cl. The van der Waals surface area contributed by atoms with Crippen LogP contribution in [0.3, 0.4) is 0 Å². The number of carbonyl (C=O) groups is 1. The summed E-state index contributed by atoms with van der Waals surface area (Å²) in [6.07, 6.45) is 2.17. The first-order valence-electron chi connectivity index (χ1n) is 7.24. The minimum absolute atomic E-state index is 0. The Morgan fingerprint density at radius 3 is 2.82 bits per heavy atom. The highest BCUT2D eigenvalue weighted by Gasteiger charge is 2.27. The van der Waals surface area contributed by atoms with Gasteiger partial charge in [0.2, 0.25) is 0 Å². The molecule has 0 saturated carbocycles. The number of hydrogen-bond donors (Lipinski definition) is 2. The van der Waals surface area contributed by atoms with Gasteiger partial charge in [-0.2, -0.15) is 0 Å². The van der Waals surface area contributed by atoms with Gasteiger partial charge in [0.05, 0.1) is 0 Å². The Hall–Kier alpha value is -1.04. The van der Waals surface area contributed by atoms with Gasteiger partial charge in [-0.05, 0) is 55.6 Å². The zero-order chi connectivity index (χ0) is 14.9. The van der Waals surface area contributed by atoms with Gasteiger partial charge in [-0.3, -0.25) is 4.79 Å². The number of amides is 1. The first-order chi connectivity index (χ1) is 10.1. The average Bonchev–Trinajstić information content (AvgIpc) is 2.88. The molecule has 0 unspecified atom stereocenters. The van der Waals surface area contributed by atoms with Gasteiger partial charge in [0.25, 0.3) is 5.91 Å². The molecule has 2 N–H and O–H groups in total. The maximum Gasteiger partial charge on any atom is 0.287 e. The van der Waals surface area contributed by atoms with E-state index >= 15 is 0 Å². The van der Waals surface area contributed by atoms with E-state index in [0.717, 1.165) is 41.4 Å². The monoisotopic (exact) mass is 386 g/mol. The largest absolute Gasteiger partial charge is 0.451 e. The number of halogens is 2. The fraction of sp³-hybridized carbons (Fsp3) is 0.438. The van der Waals surface area contributed by atoms with E-state index in [-0.39, 0.29) is 23.7 Å². The van der Waals surface area contributed by atoms with E-state index in [1.54, 1.807) is 6.07 Å². The van der Waals surface area contributed by atoms with Crippen molar-refractivity contribution >= 4 is 45.2 Å². The highest BCUT2D eigenvalue weighted by molar-refractivity contribution is 9.10. The number of piperidine rings is 1. The summed E-state index contributed by atoms with van der Waals surface area (Å²) in [6.45, 7) is 4.95. The van der Waals surface area contributed by atoms with Crippen molar-refractivity contribution in [2.45, 2.75) is 19.8 Å². The molecule has 0 spiro atoms. The molecular formula is C16H20BrClN2O2. The van der Waals surface area contributed by atoms with Gasteiger partial charge in [-0.1, -0.05) is 22.9 Å². The number of rotatable bonds is 3. The third-order valence-corrected chi connectivity index (χ3v) is 4.68. The second kappa shape index (κ2) is 7.02. The molecule has 0 bridgehead atoms. The van der Waals surface area contributed by atoms with E-state index in [1.807, 2.05) is 18.2 Å². The fourth-order valence-electron chi connectivity index (χ4n) is 2.71. The van der Waals surface area contributed by atoms with Gasteiger partial charge in [0.1, 0.15) is 5.58 Å². The lowest BCUT2D eigenvalue weighted by molar-refractivity contribution is 0.0896. The highest BCUT2D eigenvalue weighted by Crippen LogP contribution is 2.27. The van der Waals surface area contributed by atoms with Crippen LogP contribution >= 0.6 is 28.3 Å². The average molecular weight is 388 g/mol. The maximum atomic E-state index is 12.3. The lowest BCUT2D eigenvalue weighted by Crippen LogP contribution is -2.42. The van der Waals surface area contributed by atoms with Gasteiger partial charge in [0.15, 0.2) is 5.76 Å². The Balaban J connectivity index is 0.00000176. The molecule has 1 saturated heterocycles. The van der Waals surface area contributed by atoms with Crippen molar-refractivity contribution in [1.82, 2.24) is 10.6 Å². The normalized spacial score (nSPS) is 17.0. The van der Waals surface area contributed by atoms with E-state index in [4.69, 9.17) is 4.42 Å². The molecule has 0 aliphatic carbocycles. The van der Waals surface area contributed by atoms with E-state index in [9.17, 15) is 4.79 Å². The molecule has 1 amide bonds.